The topological polar surface area (TPSA) is 38.0 Å². The van der Waals surface area contributed by atoms with E-state index in [1.54, 1.807) is 0 Å². The number of aliphatic hydroxyl groups is 1. The third kappa shape index (κ3) is 2.89. The van der Waals surface area contributed by atoms with Crippen molar-refractivity contribution in [1.82, 2.24) is 9.55 Å². The average molecular weight is 236 g/mol. The Hall–Kier alpha value is -0.830. The van der Waals surface area contributed by atoms with E-state index in [1.807, 2.05) is 12.4 Å². The minimum atomic E-state index is -0.659. The van der Waals surface area contributed by atoms with Crippen LogP contribution in [0.5, 0.6) is 0 Å². The van der Waals surface area contributed by atoms with E-state index in [2.05, 4.69) is 16.5 Å². The van der Waals surface area contributed by atoms with E-state index in [9.17, 15) is 5.11 Å². The maximum atomic E-state index is 10.7. The second-order valence-corrected chi connectivity index (χ2v) is 5.24. The third-order valence-corrected chi connectivity index (χ3v) is 3.81. The lowest BCUT2D eigenvalue weighted by molar-refractivity contribution is -0.0121. The van der Waals surface area contributed by atoms with Crippen molar-refractivity contribution >= 4 is 0 Å². The van der Waals surface area contributed by atoms with Gasteiger partial charge in [0.25, 0.3) is 0 Å². The van der Waals surface area contributed by atoms with E-state index in [0.29, 0.717) is 0 Å². The van der Waals surface area contributed by atoms with Crippen LogP contribution in [-0.2, 0) is 12.1 Å². The average Bonchev–Trinajstić information content (AvgIpc) is 2.79. The van der Waals surface area contributed by atoms with E-state index < -0.39 is 5.60 Å². The van der Waals surface area contributed by atoms with Crippen LogP contribution in [0.2, 0.25) is 0 Å². The maximum Gasteiger partial charge on any atom is 0.140 e. The minimum absolute atomic E-state index is 0.659. The molecule has 17 heavy (non-hydrogen) atoms. The highest BCUT2D eigenvalue weighted by molar-refractivity contribution is 5.06. The molecule has 3 heteroatoms. The first-order valence-corrected chi connectivity index (χ1v) is 7.00. The van der Waals surface area contributed by atoms with Crippen molar-refractivity contribution in [3.63, 3.8) is 0 Å². The fourth-order valence-corrected chi connectivity index (χ4v) is 2.79. The molecule has 0 unspecified atom stereocenters. The van der Waals surface area contributed by atoms with Gasteiger partial charge in [-0.1, -0.05) is 39.0 Å². The van der Waals surface area contributed by atoms with E-state index in [4.69, 9.17) is 0 Å². The second-order valence-electron chi connectivity index (χ2n) is 5.24. The molecule has 0 amide bonds. The summed E-state index contributed by atoms with van der Waals surface area (Å²) in [5.74, 6) is 0.897. The Morgan fingerprint density at radius 1 is 1.29 bits per heavy atom. The van der Waals surface area contributed by atoms with Crippen LogP contribution in [0.25, 0.3) is 0 Å². The molecule has 0 aliphatic heterocycles. The number of imidazole rings is 1. The van der Waals surface area contributed by atoms with Crippen molar-refractivity contribution in [1.29, 1.82) is 0 Å². The summed E-state index contributed by atoms with van der Waals surface area (Å²) in [5.41, 5.74) is -0.659. The van der Waals surface area contributed by atoms with Crippen LogP contribution < -0.4 is 0 Å². The highest BCUT2D eigenvalue weighted by Crippen LogP contribution is 2.36. The molecule has 0 bridgehead atoms. The van der Waals surface area contributed by atoms with Gasteiger partial charge in [-0.3, -0.25) is 0 Å². The van der Waals surface area contributed by atoms with Gasteiger partial charge < -0.3 is 9.67 Å². The molecule has 1 fully saturated rings. The molecule has 96 valence electrons. The number of hydrogen-bond donors (Lipinski definition) is 1. The smallest absolute Gasteiger partial charge is 0.140 e. The normalized spacial score (nSPS) is 19.4. The number of rotatable bonds is 5. The zero-order chi connectivity index (χ0) is 12.1. The summed E-state index contributed by atoms with van der Waals surface area (Å²) in [6, 6.07) is 0. The highest BCUT2D eigenvalue weighted by Gasteiger charge is 2.34. The van der Waals surface area contributed by atoms with Crippen LogP contribution in [0, 0.1) is 0 Å². The van der Waals surface area contributed by atoms with Crippen LogP contribution in [0.15, 0.2) is 12.4 Å². The quantitative estimate of drug-likeness (QED) is 0.797. The number of hydrogen-bond acceptors (Lipinski definition) is 2. The monoisotopic (exact) mass is 236 g/mol. The number of unbranched alkanes of at least 4 members (excludes halogenated alkanes) is 2. The molecule has 1 aliphatic carbocycles. The minimum Gasteiger partial charge on any atom is -0.382 e. The van der Waals surface area contributed by atoms with Crippen molar-refractivity contribution in [2.75, 3.05) is 0 Å². The van der Waals surface area contributed by atoms with Gasteiger partial charge in [0.1, 0.15) is 11.4 Å². The molecule has 0 saturated heterocycles. The summed E-state index contributed by atoms with van der Waals surface area (Å²) in [4.78, 5) is 4.40. The number of aryl methyl sites for hydroxylation is 1. The summed E-state index contributed by atoms with van der Waals surface area (Å²) >= 11 is 0. The Labute approximate surface area is 104 Å². The first-order valence-electron chi connectivity index (χ1n) is 7.00. The molecule has 0 atom stereocenters. The lowest BCUT2D eigenvalue weighted by atomic mass is 9.84. The molecule has 3 nitrogen and oxygen atoms in total. The predicted octanol–water partition coefficient (Wildman–Crippen LogP) is 3.23. The highest BCUT2D eigenvalue weighted by atomic mass is 16.3. The maximum absolute atomic E-state index is 10.7. The van der Waals surface area contributed by atoms with E-state index in [1.165, 1.54) is 25.7 Å². The molecule has 0 radical (unpaired) electrons. The SMILES string of the molecule is CCCCCn1ccnc1C1(O)CCCCC1. The van der Waals surface area contributed by atoms with Gasteiger partial charge in [0.05, 0.1) is 0 Å². The fraction of sp³-hybridized carbons (Fsp3) is 0.786. The van der Waals surface area contributed by atoms with Crippen LogP contribution >= 0.6 is 0 Å². The Morgan fingerprint density at radius 3 is 2.76 bits per heavy atom. The molecule has 1 heterocycles. The van der Waals surface area contributed by atoms with E-state index in [-0.39, 0.29) is 0 Å². The summed E-state index contributed by atoms with van der Waals surface area (Å²) < 4.78 is 2.15. The summed E-state index contributed by atoms with van der Waals surface area (Å²) in [5, 5.41) is 10.7. The van der Waals surface area contributed by atoms with Gasteiger partial charge in [0.15, 0.2) is 0 Å². The van der Waals surface area contributed by atoms with E-state index >= 15 is 0 Å². The van der Waals surface area contributed by atoms with Gasteiger partial charge in [-0.2, -0.15) is 0 Å². The second kappa shape index (κ2) is 5.67. The van der Waals surface area contributed by atoms with Gasteiger partial charge in [-0.15, -0.1) is 0 Å². The lowest BCUT2D eigenvalue weighted by Gasteiger charge is -2.31. The molecule has 0 aromatic carbocycles. The van der Waals surface area contributed by atoms with Crippen LogP contribution in [0.1, 0.15) is 64.1 Å². The van der Waals surface area contributed by atoms with Gasteiger partial charge in [-0.05, 0) is 19.3 Å². The van der Waals surface area contributed by atoms with Crippen molar-refractivity contribution in [3.8, 4) is 0 Å². The molecule has 2 rings (SSSR count). The molecule has 0 spiro atoms. The van der Waals surface area contributed by atoms with Crippen molar-refractivity contribution in [2.45, 2.75) is 70.4 Å². The Kier molecular flexibility index (Phi) is 4.21. The van der Waals surface area contributed by atoms with Crippen LogP contribution in [0.3, 0.4) is 0 Å². The van der Waals surface area contributed by atoms with Crippen LogP contribution in [0.4, 0.5) is 0 Å². The largest absolute Gasteiger partial charge is 0.382 e. The summed E-state index contributed by atoms with van der Waals surface area (Å²) in [7, 11) is 0. The van der Waals surface area contributed by atoms with Crippen molar-refractivity contribution < 1.29 is 5.11 Å². The van der Waals surface area contributed by atoms with Gasteiger partial charge in [0.2, 0.25) is 0 Å². The zero-order valence-corrected chi connectivity index (χ0v) is 10.9. The van der Waals surface area contributed by atoms with Gasteiger partial charge in [0, 0.05) is 18.9 Å². The Balaban J connectivity index is 2.06. The van der Waals surface area contributed by atoms with Crippen molar-refractivity contribution in [3.05, 3.63) is 18.2 Å². The van der Waals surface area contributed by atoms with Crippen molar-refractivity contribution in [2.24, 2.45) is 0 Å². The first kappa shape index (κ1) is 12.6. The third-order valence-electron chi connectivity index (χ3n) is 3.81. The summed E-state index contributed by atoms with van der Waals surface area (Å²) in [6.45, 7) is 3.20. The number of aromatic nitrogens is 2. The molecular formula is C14H24N2O. The lowest BCUT2D eigenvalue weighted by Crippen LogP contribution is -2.32. The molecule has 1 N–H and O–H groups in total. The Bertz CT molecular complexity index is 340. The molecular weight excluding hydrogens is 212 g/mol. The molecule has 1 aromatic rings. The fourth-order valence-electron chi connectivity index (χ4n) is 2.79. The van der Waals surface area contributed by atoms with E-state index in [0.717, 1.165) is 38.1 Å². The van der Waals surface area contributed by atoms with Gasteiger partial charge >= 0.3 is 0 Å². The molecule has 1 aromatic heterocycles. The van der Waals surface area contributed by atoms with Gasteiger partial charge in [-0.25, -0.2) is 4.98 Å². The Morgan fingerprint density at radius 2 is 2.06 bits per heavy atom. The summed E-state index contributed by atoms with van der Waals surface area (Å²) in [6.07, 6.45) is 12.7. The standard InChI is InChI=1S/C14H24N2O/c1-2-3-7-11-16-12-10-15-13(16)14(17)8-5-4-6-9-14/h10,12,17H,2-9,11H2,1H3. The molecule has 1 saturated carbocycles. The number of nitrogens with zero attached hydrogens (tertiary/aromatic N) is 2. The first-order chi connectivity index (χ1) is 8.26. The van der Waals surface area contributed by atoms with Crippen LogP contribution in [-0.4, -0.2) is 14.7 Å². The zero-order valence-electron chi connectivity index (χ0n) is 10.9. The molecule has 1 aliphatic rings. The predicted molar refractivity (Wildman–Crippen MR) is 68.7 cm³/mol.